The summed E-state index contributed by atoms with van der Waals surface area (Å²) in [7, 11) is 0. The van der Waals surface area contributed by atoms with E-state index in [1.165, 1.54) is 16.9 Å². The van der Waals surface area contributed by atoms with Gasteiger partial charge in [-0.3, -0.25) is 9.20 Å². The summed E-state index contributed by atoms with van der Waals surface area (Å²) < 4.78 is 7.56. The molecule has 0 saturated carbocycles. The minimum Gasteiger partial charge on any atom is -0.493 e. The van der Waals surface area contributed by atoms with Gasteiger partial charge in [0.05, 0.1) is 6.61 Å². The van der Waals surface area contributed by atoms with E-state index in [-0.39, 0.29) is 0 Å². The van der Waals surface area contributed by atoms with Crippen molar-refractivity contribution in [2.45, 2.75) is 26.7 Å². The first-order valence-corrected chi connectivity index (χ1v) is 8.33. The molecule has 3 rings (SSSR count). The van der Waals surface area contributed by atoms with E-state index in [2.05, 4.69) is 24.0 Å². The summed E-state index contributed by atoms with van der Waals surface area (Å²) in [6.07, 6.45) is 4.81. The molecule has 22 heavy (non-hydrogen) atoms. The highest BCUT2D eigenvalue weighted by atomic mass is 32.1. The van der Waals surface area contributed by atoms with E-state index in [4.69, 9.17) is 4.74 Å². The van der Waals surface area contributed by atoms with Crippen LogP contribution in [-0.4, -0.2) is 22.3 Å². The lowest BCUT2D eigenvalue weighted by Gasteiger charge is -2.11. The van der Waals surface area contributed by atoms with Crippen LogP contribution in [0.25, 0.3) is 16.2 Å². The zero-order valence-corrected chi connectivity index (χ0v) is 13.5. The van der Waals surface area contributed by atoms with Crippen LogP contribution < -0.4 is 4.74 Å². The van der Waals surface area contributed by atoms with E-state index in [1.807, 2.05) is 29.0 Å². The van der Waals surface area contributed by atoms with Gasteiger partial charge >= 0.3 is 0 Å². The molecule has 0 atom stereocenters. The Morgan fingerprint density at radius 3 is 2.95 bits per heavy atom. The van der Waals surface area contributed by atoms with Gasteiger partial charge in [-0.2, -0.15) is 0 Å². The molecule has 3 aromatic rings. The number of nitrogens with zero attached hydrogens (tertiary/aromatic N) is 2. The highest BCUT2D eigenvalue weighted by molar-refractivity contribution is 7.15. The van der Waals surface area contributed by atoms with E-state index in [0.29, 0.717) is 18.0 Å². The van der Waals surface area contributed by atoms with Crippen LogP contribution in [-0.2, 0) is 6.42 Å². The number of aldehydes is 1. The number of thiazole rings is 1. The fourth-order valence-corrected chi connectivity index (χ4v) is 3.32. The molecule has 0 fully saturated rings. The van der Waals surface area contributed by atoms with Crippen LogP contribution >= 0.6 is 11.3 Å². The molecule has 0 aliphatic carbocycles. The van der Waals surface area contributed by atoms with Gasteiger partial charge in [0, 0.05) is 17.1 Å². The van der Waals surface area contributed by atoms with E-state index in [0.717, 1.165) is 35.4 Å². The second-order valence-corrected chi connectivity index (χ2v) is 5.91. The van der Waals surface area contributed by atoms with Crippen molar-refractivity contribution in [2.75, 3.05) is 6.61 Å². The molecule has 0 bridgehead atoms. The molecule has 4 nitrogen and oxygen atoms in total. The molecule has 0 aliphatic rings. The van der Waals surface area contributed by atoms with Gasteiger partial charge < -0.3 is 4.74 Å². The molecule has 2 heterocycles. The molecule has 0 spiro atoms. The Morgan fingerprint density at radius 1 is 1.36 bits per heavy atom. The third-order valence-electron chi connectivity index (χ3n) is 3.55. The fourth-order valence-electron chi connectivity index (χ4n) is 2.60. The van der Waals surface area contributed by atoms with Gasteiger partial charge in [-0.15, -0.1) is 11.3 Å². The van der Waals surface area contributed by atoms with E-state index in [1.54, 1.807) is 0 Å². The number of aromatic nitrogens is 2. The van der Waals surface area contributed by atoms with Crippen LogP contribution in [0.5, 0.6) is 5.75 Å². The van der Waals surface area contributed by atoms with Crippen molar-refractivity contribution < 1.29 is 9.53 Å². The zero-order valence-electron chi connectivity index (χ0n) is 12.7. The molecular weight excluding hydrogens is 296 g/mol. The number of aryl methyl sites for hydroxylation is 1. The molecule has 0 N–H and O–H groups in total. The summed E-state index contributed by atoms with van der Waals surface area (Å²) in [5.41, 5.74) is 3.40. The smallest absolute Gasteiger partial charge is 0.194 e. The van der Waals surface area contributed by atoms with E-state index >= 15 is 0 Å². The fraction of sp³-hybridized carbons (Fsp3) is 0.294. The molecule has 0 unspecified atom stereocenters. The van der Waals surface area contributed by atoms with Crippen molar-refractivity contribution >= 4 is 22.6 Å². The van der Waals surface area contributed by atoms with Crippen LogP contribution in [0.3, 0.4) is 0 Å². The maximum Gasteiger partial charge on any atom is 0.194 e. The van der Waals surface area contributed by atoms with E-state index < -0.39 is 0 Å². The molecule has 1 aromatic carbocycles. The molecule has 0 amide bonds. The van der Waals surface area contributed by atoms with Crippen molar-refractivity contribution in [2.24, 2.45) is 0 Å². The molecule has 5 heteroatoms. The first kappa shape index (κ1) is 14.8. The lowest BCUT2D eigenvalue weighted by atomic mass is 10.0. The van der Waals surface area contributed by atoms with Gasteiger partial charge in [-0.25, -0.2) is 4.98 Å². The Balaban J connectivity index is 2.20. The summed E-state index contributed by atoms with van der Waals surface area (Å²) in [6, 6.07) is 6.15. The van der Waals surface area contributed by atoms with Crippen LogP contribution in [0.4, 0.5) is 0 Å². The highest BCUT2D eigenvalue weighted by Crippen LogP contribution is 2.34. The first-order chi connectivity index (χ1) is 10.8. The Bertz CT molecular complexity index is 804. The minimum atomic E-state index is 0.575. The van der Waals surface area contributed by atoms with Gasteiger partial charge in [0.2, 0.25) is 0 Å². The van der Waals surface area contributed by atoms with Crippen LogP contribution in [0, 0.1) is 0 Å². The SMILES string of the molecule is CCCc1ccc(OCC)c(-c2nc3sccn3c2C=O)c1. The number of hydrogen-bond acceptors (Lipinski definition) is 4. The third kappa shape index (κ3) is 2.52. The number of hydrogen-bond donors (Lipinski definition) is 0. The molecule has 114 valence electrons. The number of fused-ring (bicyclic) bond motifs is 1. The number of carbonyl (C=O) groups is 1. The molecule has 0 radical (unpaired) electrons. The predicted molar refractivity (Wildman–Crippen MR) is 89.1 cm³/mol. The molecular formula is C17H18N2O2S. The van der Waals surface area contributed by atoms with Gasteiger partial charge in [-0.1, -0.05) is 19.4 Å². The van der Waals surface area contributed by atoms with Gasteiger partial charge in [0.1, 0.15) is 17.1 Å². The summed E-state index contributed by atoms with van der Waals surface area (Å²) in [5, 5.41) is 1.93. The molecule has 2 aromatic heterocycles. The Morgan fingerprint density at radius 2 is 2.23 bits per heavy atom. The van der Waals surface area contributed by atoms with Gasteiger partial charge in [0.25, 0.3) is 0 Å². The maximum atomic E-state index is 11.6. The van der Waals surface area contributed by atoms with Crippen LogP contribution in [0.2, 0.25) is 0 Å². The van der Waals surface area contributed by atoms with Crippen molar-refractivity contribution in [1.29, 1.82) is 0 Å². The number of ether oxygens (including phenoxy) is 1. The molecule has 0 aliphatic heterocycles. The molecule has 0 saturated heterocycles. The van der Waals surface area contributed by atoms with Crippen molar-refractivity contribution in [3.63, 3.8) is 0 Å². The standard InChI is InChI=1S/C17H18N2O2S/c1-3-5-12-6-7-15(21-4-2)13(10-12)16-14(11-20)19-8-9-22-17(19)18-16/h6-11H,3-5H2,1-2H3. The maximum absolute atomic E-state index is 11.6. The van der Waals surface area contributed by atoms with E-state index in [9.17, 15) is 4.79 Å². The highest BCUT2D eigenvalue weighted by Gasteiger charge is 2.18. The quantitative estimate of drug-likeness (QED) is 0.640. The van der Waals surface area contributed by atoms with Gasteiger partial charge in [0.15, 0.2) is 11.2 Å². The Kier molecular flexibility index (Phi) is 4.24. The third-order valence-corrected chi connectivity index (χ3v) is 4.30. The van der Waals surface area contributed by atoms with Crippen LogP contribution in [0.1, 0.15) is 36.3 Å². The van der Waals surface area contributed by atoms with Crippen molar-refractivity contribution in [3.8, 4) is 17.0 Å². The normalized spacial score (nSPS) is 11.0. The lowest BCUT2D eigenvalue weighted by molar-refractivity contribution is 0.111. The largest absolute Gasteiger partial charge is 0.493 e. The number of carbonyl (C=O) groups excluding carboxylic acids is 1. The van der Waals surface area contributed by atoms with Crippen molar-refractivity contribution in [1.82, 2.24) is 9.38 Å². The Hall–Kier alpha value is -2.14. The average Bonchev–Trinajstić information content (AvgIpc) is 3.09. The number of rotatable bonds is 6. The summed E-state index contributed by atoms with van der Waals surface area (Å²) in [5.74, 6) is 0.774. The predicted octanol–water partition coefficient (Wildman–Crippen LogP) is 4.23. The summed E-state index contributed by atoms with van der Waals surface area (Å²) in [6.45, 7) is 4.69. The van der Waals surface area contributed by atoms with Crippen molar-refractivity contribution in [3.05, 3.63) is 41.0 Å². The lowest BCUT2D eigenvalue weighted by Crippen LogP contribution is -1.98. The second-order valence-electron chi connectivity index (χ2n) is 5.03. The number of benzene rings is 1. The zero-order chi connectivity index (χ0) is 15.5. The second kappa shape index (κ2) is 6.32. The average molecular weight is 314 g/mol. The monoisotopic (exact) mass is 314 g/mol. The minimum absolute atomic E-state index is 0.575. The summed E-state index contributed by atoms with van der Waals surface area (Å²) >= 11 is 1.52. The Labute approximate surface area is 133 Å². The van der Waals surface area contributed by atoms with Gasteiger partial charge in [-0.05, 0) is 31.0 Å². The first-order valence-electron chi connectivity index (χ1n) is 7.45. The number of imidazole rings is 1. The summed E-state index contributed by atoms with van der Waals surface area (Å²) in [4.78, 5) is 17.0. The topological polar surface area (TPSA) is 43.6 Å². The van der Waals surface area contributed by atoms with Crippen LogP contribution in [0.15, 0.2) is 29.8 Å².